The number of carbonyl (C=O) groups excluding carboxylic acids is 1. The molecule has 1 aliphatic rings. The molecule has 1 aliphatic heterocycles. The molecule has 4 rings (SSSR count). The summed E-state index contributed by atoms with van der Waals surface area (Å²) in [5, 5.41) is 6.81. The number of fused-ring (bicyclic) bond motifs is 1. The van der Waals surface area contributed by atoms with Crippen LogP contribution in [-0.4, -0.2) is 17.7 Å². The van der Waals surface area contributed by atoms with Gasteiger partial charge in [-0.3, -0.25) is 4.79 Å². The van der Waals surface area contributed by atoms with E-state index in [1.165, 1.54) is 18.2 Å². The Balaban J connectivity index is 1.70. The van der Waals surface area contributed by atoms with Gasteiger partial charge in [0.2, 0.25) is 0 Å². The first-order chi connectivity index (χ1) is 12.5. The smallest absolute Gasteiger partial charge is 0.261 e. The van der Waals surface area contributed by atoms with E-state index in [4.69, 9.17) is 20.9 Å². The first-order valence-corrected chi connectivity index (χ1v) is 8.40. The third kappa shape index (κ3) is 2.82. The molecule has 7 heteroatoms. The number of hydrogen-bond acceptors (Lipinski definition) is 4. The number of halogens is 2. The lowest BCUT2D eigenvalue weighted by Crippen LogP contribution is -2.14. The lowest BCUT2D eigenvalue weighted by atomic mass is 10.0. The van der Waals surface area contributed by atoms with E-state index in [-0.39, 0.29) is 27.6 Å². The summed E-state index contributed by atoms with van der Waals surface area (Å²) in [7, 11) is 0. The Morgan fingerprint density at radius 3 is 2.96 bits per heavy atom. The van der Waals surface area contributed by atoms with E-state index in [9.17, 15) is 9.18 Å². The van der Waals surface area contributed by atoms with Crippen LogP contribution >= 0.6 is 11.6 Å². The molecule has 0 atom stereocenters. The maximum absolute atomic E-state index is 14.3. The normalized spacial score (nSPS) is 12.6. The fourth-order valence-corrected chi connectivity index (χ4v) is 3.24. The van der Waals surface area contributed by atoms with Gasteiger partial charge in [-0.1, -0.05) is 22.8 Å². The Kier molecular flexibility index (Phi) is 4.12. The van der Waals surface area contributed by atoms with Crippen molar-refractivity contribution in [1.29, 1.82) is 0 Å². The monoisotopic (exact) mass is 372 g/mol. The summed E-state index contributed by atoms with van der Waals surface area (Å²) in [6.45, 7) is 2.23. The molecule has 1 aromatic heterocycles. The van der Waals surface area contributed by atoms with Crippen molar-refractivity contribution < 1.29 is 18.4 Å². The molecule has 0 bridgehead atoms. The summed E-state index contributed by atoms with van der Waals surface area (Å²) in [4.78, 5) is 12.8. The summed E-state index contributed by atoms with van der Waals surface area (Å²) in [5.74, 6) is 0.0794. The van der Waals surface area contributed by atoms with Crippen LogP contribution < -0.4 is 10.1 Å². The van der Waals surface area contributed by atoms with Gasteiger partial charge < -0.3 is 14.6 Å². The number of aromatic nitrogens is 1. The third-order valence-corrected chi connectivity index (χ3v) is 4.55. The van der Waals surface area contributed by atoms with E-state index in [1.54, 1.807) is 13.0 Å². The van der Waals surface area contributed by atoms with E-state index < -0.39 is 11.7 Å². The fourth-order valence-electron chi connectivity index (χ4n) is 2.99. The van der Waals surface area contributed by atoms with Gasteiger partial charge in [0, 0.05) is 12.1 Å². The number of hydrogen-bond donors (Lipinski definition) is 1. The van der Waals surface area contributed by atoms with Crippen LogP contribution in [0, 0.1) is 12.7 Å². The number of benzene rings is 2. The van der Waals surface area contributed by atoms with Crippen molar-refractivity contribution in [2.24, 2.45) is 0 Å². The van der Waals surface area contributed by atoms with Crippen molar-refractivity contribution in [2.75, 3.05) is 11.9 Å². The summed E-state index contributed by atoms with van der Waals surface area (Å²) >= 11 is 6.11. The van der Waals surface area contributed by atoms with Crippen LogP contribution in [0.1, 0.15) is 21.7 Å². The van der Waals surface area contributed by atoms with Crippen LogP contribution in [0.3, 0.4) is 0 Å². The SMILES string of the molecule is Cc1onc(-c2c(F)cccc2Cl)c1C(=O)Nc1ccc2c(c1)CCO2. The minimum atomic E-state index is -0.575. The topological polar surface area (TPSA) is 64.4 Å². The highest BCUT2D eigenvalue weighted by Crippen LogP contribution is 2.34. The molecule has 0 unspecified atom stereocenters. The maximum atomic E-state index is 14.3. The molecule has 0 saturated heterocycles. The summed E-state index contributed by atoms with van der Waals surface area (Å²) in [5.41, 5.74) is 1.91. The van der Waals surface area contributed by atoms with E-state index in [0.29, 0.717) is 12.3 Å². The number of aryl methyl sites for hydroxylation is 1. The second-order valence-electron chi connectivity index (χ2n) is 5.93. The number of nitrogens with zero attached hydrogens (tertiary/aromatic N) is 1. The zero-order chi connectivity index (χ0) is 18.3. The predicted octanol–water partition coefficient (Wildman–Crippen LogP) is 4.63. The van der Waals surface area contributed by atoms with Crippen LogP contribution in [0.5, 0.6) is 5.75 Å². The van der Waals surface area contributed by atoms with Gasteiger partial charge in [-0.25, -0.2) is 4.39 Å². The summed E-state index contributed by atoms with van der Waals surface area (Å²) in [6, 6.07) is 9.70. The quantitative estimate of drug-likeness (QED) is 0.728. The molecule has 2 aromatic carbocycles. The molecule has 2 heterocycles. The fraction of sp³-hybridized carbons (Fsp3) is 0.158. The van der Waals surface area contributed by atoms with E-state index in [0.717, 1.165) is 17.7 Å². The molecule has 0 saturated carbocycles. The second kappa shape index (κ2) is 6.46. The minimum Gasteiger partial charge on any atom is -0.493 e. The molecule has 3 aromatic rings. The van der Waals surface area contributed by atoms with Crippen LogP contribution in [0.15, 0.2) is 40.9 Å². The Hall–Kier alpha value is -2.86. The number of anilines is 1. The van der Waals surface area contributed by atoms with Crippen LogP contribution in [-0.2, 0) is 6.42 Å². The van der Waals surface area contributed by atoms with Gasteiger partial charge in [-0.05, 0) is 42.8 Å². The van der Waals surface area contributed by atoms with Gasteiger partial charge >= 0.3 is 0 Å². The lowest BCUT2D eigenvalue weighted by Gasteiger charge is -2.08. The van der Waals surface area contributed by atoms with Crippen LogP contribution in [0.2, 0.25) is 5.02 Å². The standard InChI is InChI=1S/C19H14ClFN2O3/c1-10-16(18(23-26-10)17-13(20)3-2-4-14(17)21)19(24)22-12-5-6-15-11(9-12)7-8-25-15/h2-6,9H,7-8H2,1H3,(H,22,24). The number of carbonyl (C=O) groups is 1. The van der Waals surface area contributed by atoms with Gasteiger partial charge in [0.15, 0.2) is 0 Å². The highest BCUT2D eigenvalue weighted by Gasteiger charge is 2.25. The average Bonchev–Trinajstić information content (AvgIpc) is 3.21. The van der Waals surface area contributed by atoms with Crippen LogP contribution in [0.25, 0.3) is 11.3 Å². The Morgan fingerprint density at radius 1 is 1.31 bits per heavy atom. The zero-order valence-corrected chi connectivity index (χ0v) is 14.6. The van der Waals surface area contributed by atoms with Gasteiger partial charge in [0.05, 0.1) is 17.2 Å². The highest BCUT2D eigenvalue weighted by atomic mass is 35.5. The van der Waals surface area contributed by atoms with Gasteiger partial charge in [0.1, 0.15) is 28.6 Å². The highest BCUT2D eigenvalue weighted by molar-refractivity contribution is 6.33. The number of ether oxygens (including phenoxy) is 1. The molecule has 0 fully saturated rings. The van der Waals surface area contributed by atoms with Crippen LogP contribution in [0.4, 0.5) is 10.1 Å². The Labute approximate surface area is 153 Å². The molecule has 132 valence electrons. The minimum absolute atomic E-state index is 0.0403. The van der Waals surface area contributed by atoms with Crippen molar-refractivity contribution >= 4 is 23.2 Å². The zero-order valence-electron chi connectivity index (χ0n) is 13.8. The molecule has 26 heavy (non-hydrogen) atoms. The predicted molar refractivity (Wildman–Crippen MR) is 95.2 cm³/mol. The molecule has 0 aliphatic carbocycles. The van der Waals surface area contributed by atoms with Gasteiger partial charge in [-0.15, -0.1) is 0 Å². The molecular formula is C19H14ClFN2O3. The number of nitrogens with one attached hydrogen (secondary N) is 1. The average molecular weight is 373 g/mol. The second-order valence-corrected chi connectivity index (χ2v) is 6.34. The summed E-state index contributed by atoms with van der Waals surface area (Å²) in [6.07, 6.45) is 0.793. The first kappa shape index (κ1) is 16.6. The van der Waals surface area contributed by atoms with Gasteiger partial charge in [0.25, 0.3) is 5.91 Å². The molecule has 0 radical (unpaired) electrons. The molecule has 0 spiro atoms. The molecule has 1 N–H and O–H groups in total. The Morgan fingerprint density at radius 2 is 2.15 bits per heavy atom. The van der Waals surface area contributed by atoms with E-state index in [1.807, 2.05) is 12.1 Å². The Bertz CT molecular complexity index is 996. The first-order valence-electron chi connectivity index (χ1n) is 8.02. The van der Waals surface area contributed by atoms with Crippen molar-refractivity contribution in [2.45, 2.75) is 13.3 Å². The third-order valence-electron chi connectivity index (χ3n) is 4.24. The van der Waals surface area contributed by atoms with Crippen molar-refractivity contribution in [3.8, 4) is 17.0 Å². The molecule has 1 amide bonds. The lowest BCUT2D eigenvalue weighted by molar-refractivity contribution is 0.102. The van der Waals surface area contributed by atoms with E-state index in [2.05, 4.69) is 10.5 Å². The molecular weight excluding hydrogens is 359 g/mol. The maximum Gasteiger partial charge on any atom is 0.261 e. The number of rotatable bonds is 3. The van der Waals surface area contributed by atoms with Gasteiger partial charge in [-0.2, -0.15) is 0 Å². The molecule has 5 nitrogen and oxygen atoms in total. The van der Waals surface area contributed by atoms with Crippen molar-refractivity contribution in [3.05, 3.63) is 64.1 Å². The van der Waals surface area contributed by atoms with Crippen molar-refractivity contribution in [3.63, 3.8) is 0 Å². The summed E-state index contributed by atoms with van der Waals surface area (Å²) < 4.78 is 24.8. The largest absolute Gasteiger partial charge is 0.493 e. The van der Waals surface area contributed by atoms with Crippen molar-refractivity contribution in [1.82, 2.24) is 5.16 Å². The number of amides is 1. The van der Waals surface area contributed by atoms with E-state index >= 15 is 0 Å².